The molecule has 0 spiro atoms. The van der Waals surface area contributed by atoms with Gasteiger partial charge in [-0.3, -0.25) is 4.79 Å². The highest BCUT2D eigenvalue weighted by molar-refractivity contribution is 5.97. The lowest BCUT2D eigenvalue weighted by atomic mass is 10.1. The van der Waals surface area contributed by atoms with Crippen LogP contribution in [0.25, 0.3) is 0 Å². The Morgan fingerprint density at radius 1 is 1.04 bits per heavy atom. The number of carbonyl (C=O) groups excluding carboxylic acids is 1. The van der Waals surface area contributed by atoms with Gasteiger partial charge < -0.3 is 19.9 Å². The van der Waals surface area contributed by atoms with E-state index in [0.29, 0.717) is 18.9 Å². The van der Waals surface area contributed by atoms with E-state index >= 15 is 0 Å². The third-order valence-electron chi connectivity index (χ3n) is 4.50. The van der Waals surface area contributed by atoms with Crippen LogP contribution in [0.3, 0.4) is 0 Å². The Kier molecular flexibility index (Phi) is 3.80. The van der Waals surface area contributed by atoms with Crippen molar-refractivity contribution in [2.45, 2.75) is 12.3 Å². The molecule has 2 atom stereocenters. The molecule has 1 aliphatic heterocycles. The van der Waals surface area contributed by atoms with Crippen molar-refractivity contribution in [3.05, 3.63) is 53.6 Å². The summed E-state index contributed by atoms with van der Waals surface area (Å²) in [5.41, 5.74) is 1.71. The van der Waals surface area contributed by atoms with Gasteiger partial charge in [-0.05, 0) is 48.2 Å². The van der Waals surface area contributed by atoms with E-state index in [-0.39, 0.29) is 23.3 Å². The molecule has 0 radical (unpaired) electrons. The van der Waals surface area contributed by atoms with E-state index in [1.54, 1.807) is 12.1 Å². The number of anilines is 1. The lowest BCUT2D eigenvalue weighted by Crippen LogP contribution is -2.16. The third kappa shape index (κ3) is 3.15. The zero-order valence-corrected chi connectivity index (χ0v) is 13.4. The second-order valence-corrected chi connectivity index (χ2v) is 6.23. The first-order valence-corrected chi connectivity index (χ1v) is 8.15. The van der Waals surface area contributed by atoms with Crippen LogP contribution in [0.1, 0.15) is 28.3 Å². The van der Waals surface area contributed by atoms with Gasteiger partial charge in [0, 0.05) is 11.6 Å². The second kappa shape index (κ2) is 6.12. The summed E-state index contributed by atoms with van der Waals surface area (Å²) < 4.78 is 11.1. The number of hydrogen-bond donors (Lipinski definition) is 2. The van der Waals surface area contributed by atoms with Gasteiger partial charge in [0.1, 0.15) is 13.2 Å². The van der Waals surface area contributed by atoms with Gasteiger partial charge in [0.25, 0.3) is 0 Å². The van der Waals surface area contributed by atoms with Crippen molar-refractivity contribution in [3.63, 3.8) is 0 Å². The Bertz CT molecular complexity index is 847. The van der Waals surface area contributed by atoms with Gasteiger partial charge in [-0.15, -0.1) is 0 Å². The molecular weight excluding hydrogens is 322 g/mol. The molecule has 128 valence electrons. The molecule has 0 aromatic heterocycles. The number of nitrogens with one attached hydrogen (secondary N) is 1. The lowest BCUT2D eigenvalue weighted by molar-refractivity contribution is -0.117. The minimum Gasteiger partial charge on any atom is -0.486 e. The van der Waals surface area contributed by atoms with Crippen LogP contribution in [0, 0.1) is 5.92 Å². The minimum absolute atomic E-state index is 0.0950. The number of benzene rings is 2. The smallest absolute Gasteiger partial charge is 0.335 e. The quantitative estimate of drug-likeness (QED) is 0.895. The number of amides is 1. The van der Waals surface area contributed by atoms with Crippen molar-refractivity contribution in [2.75, 3.05) is 18.5 Å². The van der Waals surface area contributed by atoms with E-state index < -0.39 is 5.97 Å². The number of carboxylic acids is 1. The van der Waals surface area contributed by atoms with Gasteiger partial charge >= 0.3 is 5.97 Å². The van der Waals surface area contributed by atoms with Crippen LogP contribution in [-0.2, 0) is 4.79 Å². The van der Waals surface area contributed by atoms with Crippen molar-refractivity contribution in [1.29, 1.82) is 0 Å². The number of hydrogen-bond acceptors (Lipinski definition) is 4. The van der Waals surface area contributed by atoms with E-state index in [0.717, 1.165) is 23.5 Å². The molecule has 1 aliphatic carbocycles. The lowest BCUT2D eigenvalue weighted by Gasteiger charge is -2.18. The highest BCUT2D eigenvalue weighted by Crippen LogP contribution is 2.49. The molecular formula is C19H17NO5. The zero-order valence-electron chi connectivity index (χ0n) is 13.4. The second-order valence-electron chi connectivity index (χ2n) is 6.23. The summed E-state index contributed by atoms with van der Waals surface area (Å²) >= 11 is 0. The summed E-state index contributed by atoms with van der Waals surface area (Å²) in [7, 11) is 0. The SMILES string of the molecule is O=C(O)c1cccc(NC(=O)C2CC2c2ccc3c(c2)OCCO3)c1. The molecule has 1 heterocycles. The number of aromatic carboxylic acids is 1. The largest absolute Gasteiger partial charge is 0.486 e. The standard InChI is InChI=1S/C19H17NO5/c21-18(20-13-3-1-2-12(8-13)19(22)23)15-10-14(15)11-4-5-16-17(9-11)25-7-6-24-16/h1-5,8-9,14-15H,6-7,10H2,(H,20,21)(H,22,23). The number of carbonyl (C=O) groups is 2. The molecule has 4 rings (SSSR count). The van der Waals surface area contributed by atoms with E-state index in [1.807, 2.05) is 18.2 Å². The fourth-order valence-corrected chi connectivity index (χ4v) is 3.11. The molecule has 2 unspecified atom stereocenters. The third-order valence-corrected chi connectivity index (χ3v) is 4.50. The first kappa shape index (κ1) is 15.5. The molecule has 0 saturated heterocycles. The summed E-state index contributed by atoms with van der Waals surface area (Å²) in [6.45, 7) is 1.08. The van der Waals surface area contributed by atoms with Crippen molar-refractivity contribution in [2.24, 2.45) is 5.92 Å². The van der Waals surface area contributed by atoms with Crippen LogP contribution in [0.5, 0.6) is 11.5 Å². The Hall–Kier alpha value is -3.02. The fraction of sp³-hybridized carbons (Fsp3) is 0.263. The molecule has 6 nitrogen and oxygen atoms in total. The van der Waals surface area contributed by atoms with Crippen molar-refractivity contribution in [1.82, 2.24) is 0 Å². The van der Waals surface area contributed by atoms with Crippen molar-refractivity contribution < 1.29 is 24.2 Å². The summed E-state index contributed by atoms with van der Waals surface area (Å²) in [4.78, 5) is 23.4. The van der Waals surface area contributed by atoms with E-state index in [9.17, 15) is 9.59 Å². The summed E-state index contributed by atoms with van der Waals surface area (Å²) in [6, 6.07) is 12.0. The molecule has 2 aromatic carbocycles. The van der Waals surface area contributed by atoms with Gasteiger partial charge in [0.05, 0.1) is 5.56 Å². The molecule has 0 bridgehead atoms. The Balaban J connectivity index is 1.43. The van der Waals surface area contributed by atoms with Crippen LogP contribution in [0.4, 0.5) is 5.69 Å². The van der Waals surface area contributed by atoms with Crippen LogP contribution < -0.4 is 14.8 Å². The van der Waals surface area contributed by atoms with Crippen LogP contribution in [0.15, 0.2) is 42.5 Å². The van der Waals surface area contributed by atoms with Gasteiger partial charge in [-0.1, -0.05) is 12.1 Å². The maximum absolute atomic E-state index is 12.4. The highest BCUT2D eigenvalue weighted by Gasteiger charge is 2.44. The predicted molar refractivity (Wildman–Crippen MR) is 90.3 cm³/mol. The molecule has 2 N–H and O–H groups in total. The number of carboxylic acid groups (broad SMARTS) is 1. The van der Waals surface area contributed by atoms with E-state index in [2.05, 4.69) is 5.32 Å². The molecule has 2 aromatic rings. The Morgan fingerprint density at radius 3 is 2.64 bits per heavy atom. The molecule has 25 heavy (non-hydrogen) atoms. The molecule has 1 saturated carbocycles. The molecule has 6 heteroatoms. The Labute approximate surface area is 144 Å². The number of ether oxygens (including phenoxy) is 2. The van der Waals surface area contributed by atoms with E-state index in [4.69, 9.17) is 14.6 Å². The van der Waals surface area contributed by atoms with Crippen molar-refractivity contribution in [3.8, 4) is 11.5 Å². The minimum atomic E-state index is -1.02. The van der Waals surface area contributed by atoms with Crippen LogP contribution >= 0.6 is 0 Å². The first-order chi connectivity index (χ1) is 12.1. The van der Waals surface area contributed by atoms with Crippen molar-refractivity contribution >= 4 is 17.6 Å². The first-order valence-electron chi connectivity index (χ1n) is 8.15. The maximum Gasteiger partial charge on any atom is 0.335 e. The highest BCUT2D eigenvalue weighted by atomic mass is 16.6. The van der Waals surface area contributed by atoms with Gasteiger partial charge in [-0.25, -0.2) is 4.79 Å². The number of fused-ring (bicyclic) bond motifs is 1. The average Bonchev–Trinajstić information content (AvgIpc) is 3.42. The number of rotatable bonds is 4. The fourth-order valence-electron chi connectivity index (χ4n) is 3.11. The molecule has 1 amide bonds. The topological polar surface area (TPSA) is 84.9 Å². The normalized spacial score (nSPS) is 20.6. The summed E-state index contributed by atoms with van der Waals surface area (Å²) in [5, 5.41) is 11.8. The summed E-state index contributed by atoms with van der Waals surface area (Å²) in [5.74, 6) is 0.389. The molecule has 2 aliphatic rings. The van der Waals surface area contributed by atoms with Gasteiger partial charge in [-0.2, -0.15) is 0 Å². The predicted octanol–water partition coefficient (Wildman–Crippen LogP) is 2.90. The Morgan fingerprint density at radius 2 is 1.84 bits per heavy atom. The van der Waals surface area contributed by atoms with E-state index in [1.165, 1.54) is 12.1 Å². The zero-order chi connectivity index (χ0) is 17.4. The van der Waals surface area contributed by atoms with Gasteiger partial charge in [0.2, 0.25) is 5.91 Å². The molecule has 1 fully saturated rings. The summed E-state index contributed by atoms with van der Waals surface area (Å²) in [6.07, 6.45) is 0.768. The average molecular weight is 339 g/mol. The maximum atomic E-state index is 12.4. The van der Waals surface area contributed by atoms with Crippen LogP contribution in [-0.4, -0.2) is 30.2 Å². The van der Waals surface area contributed by atoms with Gasteiger partial charge in [0.15, 0.2) is 11.5 Å². The monoisotopic (exact) mass is 339 g/mol. The van der Waals surface area contributed by atoms with Crippen LogP contribution in [0.2, 0.25) is 0 Å².